The molecule has 5 heteroatoms. The highest BCUT2D eigenvalue weighted by molar-refractivity contribution is 7.89. The van der Waals surface area contributed by atoms with Crippen LogP contribution in [-0.4, -0.2) is 45.8 Å². The standard InChI is InChI=1S/C8H17NO3S/c1-9(2)13(10,11)7-8-3-5-12-6-4-8/h8H,3-7H2,1-2H3. The zero-order chi connectivity index (χ0) is 9.90. The van der Waals surface area contributed by atoms with E-state index in [-0.39, 0.29) is 11.7 Å². The van der Waals surface area contributed by atoms with Crippen LogP contribution in [0.15, 0.2) is 0 Å². The van der Waals surface area contributed by atoms with E-state index >= 15 is 0 Å². The third-order valence-corrected chi connectivity index (χ3v) is 4.35. The van der Waals surface area contributed by atoms with Gasteiger partial charge in [0.05, 0.1) is 5.75 Å². The van der Waals surface area contributed by atoms with Crippen LogP contribution in [0.5, 0.6) is 0 Å². The number of hydrogen-bond donors (Lipinski definition) is 0. The van der Waals surface area contributed by atoms with Crippen LogP contribution in [0.2, 0.25) is 0 Å². The van der Waals surface area contributed by atoms with E-state index in [0.29, 0.717) is 13.2 Å². The Morgan fingerprint density at radius 2 is 1.85 bits per heavy atom. The number of nitrogens with zero attached hydrogens (tertiary/aromatic N) is 1. The Hall–Kier alpha value is -0.130. The Balaban J connectivity index is 2.47. The molecule has 13 heavy (non-hydrogen) atoms. The van der Waals surface area contributed by atoms with Crippen LogP contribution in [0.4, 0.5) is 0 Å². The third-order valence-electron chi connectivity index (χ3n) is 2.34. The first-order chi connectivity index (χ1) is 6.02. The van der Waals surface area contributed by atoms with Gasteiger partial charge in [0.15, 0.2) is 0 Å². The SMILES string of the molecule is CN(C)S(=O)(=O)CC1CCOCC1. The Labute approximate surface area is 79.9 Å². The van der Waals surface area contributed by atoms with Gasteiger partial charge < -0.3 is 4.74 Å². The Kier molecular flexibility index (Phi) is 3.70. The van der Waals surface area contributed by atoms with Gasteiger partial charge in [0.2, 0.25) is 10.0 Å². The second-order valence-corrected chi connectivity index (χ2v) is 5.84. The molecule has 0 aromatic heterocycles. The lowest BCUT2D eigenvalue weighted by atomic mass is 10.0. The highest BCUT2D eigenvalue weighted by atomic mass is 32.2. The summed E-state index contributed by atoms with van der Waals surface area (Å²) in [5, 5.41) is 0. The van der Waals surface area contributed by atoms with Crippen LogP contribution in [-0.2, 0) is 14.8 Å². The topological polar surface area (TPSA) is 46.6 Å². The molecular formula is C8H17NO3S. The number of rotatable bonds is 3. The van der Waals surface area contributed by atoms with Crippen molar-refractivity contribution >= 4 is 10.0 Å². The molecule has 1 heterocycles. The van der Waals surface area contributed by atoms with Crippen LogP contribution >= 0.6 is 0 Å². The molecule has 0 aromatic rings. The van der Waals surface area contributed by atoms with Crippen molar-refractivity contribution in [1.29, 1.82) is 0 Å². The summed E-state index contributed by atoms with van der Waals surface area (Å²) in [7, 11) is 0.136. The molecule has 1 aliphatic rings. The average molecular weight is 207 g/mol. The molecule has 0 amide bonds. The largest absolute Gasteiger partial charge is 0.381 e. The molecule has 1 fully saturated rings. The van der Waals surface area contributed by atoms with Crippen LogP contribution in [0, 0.1) is 5.92 Å². The molecule has 1 rings (SSSR count). The molecule has 0 spiro atoms. The Morgan fingerprint density at radius 1 is 1.31 bits per heavy atom. The monoisotopic (exact) mass is 207 g/mol. The maximum absolute atomic E-state index is 11.5. The van der Waals surface area contributed by atoms with E-state index in [0.717, 1.165) is 12.8 Å². The zero-order valence-corrected chi connectivity index (χ0v) is 9.01. The predicted molar refractivity (Wildman–Crippen MR) is 51.0 cm³/mol. The van der Waals surface area contributed by atoms with Crippen molar-refractivity contribution in [2.45, 2.75) is 12.8 Å². The minimum absolute atomic E-state index is 0.267. The van der Waals surface area contributed by atoms with Gasteiger partial charge in [-0.15, -0.1) is 0 Å². The molecule has 0 bridgehead atoms. The molecule has 1 saturated heterocycles. The third kappa shape index (κ3) is 3.25. The summed E-state index contributed by atoms with van der Waals surface area (Å²) in [6.45, 7) is 1.40. The average Bonchev–Trinajstić information content (AvgIpc) is 2.05. The van der Waals surface area contributed by atoms with Crippen molar-refractivity contribution < 1.29 is 13.2 Å². The summed E-state index contributed by atoms with van der Waals surface area (Å²) in [6.07, 6.45) is 1.74. The van der Waals surface area contributed by atoms with E-state index in [1.54, 1.807) is 14.1 Å². The first-order valence-electron chi connectivity index (χ1n) is 4.50. The predicted octanol–water partition coefficient (Wildman–Crippen LogP) is 0.304. The summed E-state index contributed by atoms with van der Waals surface area (Å²) in [6, 6.07) is 0. The van der Waals surface area contributed by atoms with Crippen LogP contribution in [0.25, 0.3) is 0 Å². The maximum Gasteiger partial charge on any atom is 0.213 e. The molecular weight excluding hydrogens is 190 g/mol. The van der Waals surface area contributed by atoms with Gasteiger partial charge in [0.1, 0.15) is 0 Å². The lowest BCUT2D eigenvalue weighted by Crippen LogP contribution is -2.31. The minimum atomic E-state index is -3.02. The van der Waals surface area contributed by atoms with Gasteiger partial charge in [0, 0.05) is 27.3 Å². The maximum atomic E-state index is 11.5. The van der Waals surface area contributed by atoms with Crippen LogP contribution < -0.4 is 0 Å². The lowest BCUT2D eigenvalue weighted by Gasteiger charge is -2.23. The van der Waals surface area contributed by atoms with Gasteiger partial charge in [-0.3, -0.25) is 0 Å². The fourth-order valence-corrected chi connectivity index (χ4v) is 2.59. The highest BCUT2D eigenvalue weighted by Crippen LogP contribution is 2.17. The van der Waals surface area contributed by atoms with E-state index in [2.05, 4.69) is 0 Å². The van der Waals surface area contributed by atoms with Gasteiger partial charge >= 0.3 is 0 Å². The Bertz CT molecular complexity index is 242. The molecule has 4 nitrogen and oxygen atoms in total. The summed E-state index contributed by atoms with van der Waals surface area (Å²) < 4.78 is 29.4. The minimum Gasteiger partial charge on any atom is -0.381 e. The summed E-state index contributed by atoms with van der Waals surface area (Å²) >= 11 is 0. The summed E-state index contributed by atoms with van der Waals surface area (Å²) in [5.41, 5.74) is 0. The number of sulfonamides is 1. The van der Waals surface area contributed by atoms with Gasteiger partial charge in [-0.25, -0.2) is 12.7 Å². The van der Waals surface area contributed by atoms with Crippen molar-refractivity contribution in [3.63, 3.8) is 0 Å². The fraction of sp³-hybridized carbons (Fsp3) is 1.00. The van der Waals surface area contributed by atoms with E-state index < -0.39 is 10.0 Å². The van der Waals surface area contributed by atoms with Crippen LogP contribution in [0.1, 0.15) is 12.8 Å². The molecule has 0 unspecified atom stereocenters. The van der Waals surface area contributed by atoms with Gasteiger partial charge in [-0.05, 0) is 18.8 Å². The van der Waals surface area contributed by atoms with Crippen molar-refractivity contribution in [3.05, 3.63) is 0 Å². The van der Waals surface area contributed by atoms with Crippen molar-refractivity contribution in [2.24, 2.45) is 5.92 Å². The lowest BCUT2D eigenvalue weighted by molar-refractivity contribution is 0.0721. The zero-order valence-electron chi connectivity index (χ0n) is 8.19. The molecule has 0 radical (unpaired) electrons. The fourth-order valence-electron chi connectivity index (χ4n) is 1.36. The normalized spacial score (nSPS) is 20.8. The van der Waals surface area contributed by atoms with Crippen molar-refractivity contribution in [1.82, 2.24) is 4.31 Å². The van der Waals surface area contributed by atoms with Gasteiger partial charge in [-0.2, -0.15) is 0 Å². The quantitative estimate of drug-likeness (QED) is 0.669. The van der Waals surface area contributed by atoms with E-state index in [1.807, 2.05) is 0 Å². The van der Waals surface area contributed by atoms with Crippen molar-refractivity contribution in [3.8, 4) is 0 Å². The molecule has 0 atom stereocenters. The molecule has 78 valence electrons. The first kappa shape index (κ1) is 10.9. The first-order valence-corrected chi connectivity index (χ1v) is 6.11. The summed E-state index contributed by atoms with van der Waals surface area (Å²) in [5.74, 6) is 0.546. The molecule has 0 saturated carbocycles. The van der Waals surface area contributed by atoms with Gasteiger partial charge in [0.25, 0.3) is 0 Å². The second-order valence-electron chi connectivity index (χ2n) is 3.62. The number of ether oxygens (including phenoxy) is 1. The van der Waals surface area contributed by atoms with Crippen LogP contribution in [0.3, 0.4) is 0 Å². The summed E-state index contributed by atoms with van der Waals surface area (Å²) in [4.78, 5) is 0. The highest BCUT2D eigenvalue weighted by Gasteiger charge is 2.22. The Morgan fingerprint density at radius 3 is 2.31 bits per heavy atom. The molecule has 0 aromatic carbocycles. The second kappa shape index (κ2) is 4.39. The number of hydrogen-bond acceptors (Lipinski definition) is 3. The van der Waals surface area contributed by atoms with E-state index in [1.165, 1.54) is 4.31 Å². The molecule has 0 aliphatic carbocycles. The van der Waals surface area contributed by atoms with Gasteiger partial charge in [-0.1, -0.05) is 0 Å². The van der Waals surface area contributed by atoms with E-state index in [4.69, 9.17) is 4.74 Å². The smallest absolute Gasteiger partial charge is 0.213 e. The molecule has 0 N–H and O–H groups in total. The molecule has 1 aliphatic heterocycles. The van der Waals surface area contributed by atoms with E-state index in [9.17, 15) is 8.42 Å². The van der Waals surface area contributed by atoms with Crippen molar-refractivity contribution in [2.75, 3.05) is 33.1 Å².